The van der Waals surface area contributed by atoms with Crippen molar-refractivity contribution >= 4 is 24.1 Å². The maximum absolute atomic E-state index is 11.9. The second-order valence-corrected chi connectivity index (χ2v) is 7.88. The summed E-state index contributed by atoms with van der Waals surface area (Å²) in [6.45, 7) is 5.10. The van der Waals surface area contributed by atoms with Crippen molar-refractivity contribution in [2.45, 2.75) is 38.8 Å². The van der Waals surface area contributed by atoms with Gasteiger partial charge in [-0.1, -0.05) is 30.3 Å². The maximum atomic E-state index is 11.9. The molecule has 2 N–H and O–H groups in total. The minimum Gasteiger partial charge on any atom is -0.480 e. The number of carboxylic acids is 1. The van der Waals surface area contributed by atoms with Crippen molar-refractivity contribution in [1.82, 2.24) is 5.32 Å². The number of methoxy groups -OCH3 is 1. The number of carbonyl (C=O) groups is 3. The molecule has 0 saturated carbocycles. The van der Waals surface area contributed by atoms with Crippen LogP contribution in [0.1, 0.15) is 31.9 Å². The zero-order valence-corrected chi connectivity index (χ0v) is 18.5. The molecule has 1 amide bonds. The smallest absolute Gasteiger partial charge is 0.408 e. The highest BCUT2D eigenvalue weighted by molar-refractivity contribution is 5.87. The molecule has 0 saturated heterocycles. The number of hydrogen-bond acceptors (Lipinski definition) is 6. The number of ether oxygens (including phenoxy) is 3. The van der Waals surface area contributed by atoms with E-state index in [2.05, 4.69) is 10.1 Å². The van der Waals surface area contributed by atoms with Crippen LogP contribution in [-0.4, -0.2) is 41.9 Å². The Hall–Kier alpha value is -3.81. The molecule has 32 heavy (non-hydrogen) atoms. The van der Waals surface area contributed by atoms with Crippen molar-refractivity contribution in [3.8, 4) is 11.5 Å². The topological polar surface area (TPSA) is 111 Å². The van der Waals surface area contributed by atoms with Gasteiger partial charge in [0, 0.05) is 18.1 Å². The van der Waals surface area contributed by atoms with Gasteiger partial charge in [-0.25, -0.2) is 14.4 Å². The van der Waals surface area contributed by atoms with Gasteiger partial charge in [0.05, 0.1) is 7.11 Å². The lowest BCUT2D eigenvalue weighted by Gasteiger charge is -2.22. The first-order valence-electron chi connectivity index (χ1n) is 9.91. The fourth-order valence-corrected chi connectivity index (χ4v) is 2.64. The number of carbonyl (C=O) groups excluding carboxylic acids is 2. The lowest BCUT2D eigenvalue weighted by atomic mass is 10.1. The second kappa shape index (κ2) is 11.0. The van der Waals surface area contributed by atoms with Crippen molar-refractivity contribution in [1.29, 1.82) is 0 Å². The van der Waals surface area contributed by atoms with Crippen LogP contribution in [0.15, 0.2) is 54.6 Å². The van der Waals surface area contributed by atoms with E-state index in [1.165, 1.54) is 13.2 Å². The van der Waals surface area contributed by atoms with E-state index >= 15 is 0 Å². The SMILES string of the molecule is COC(=O)/C=C/c1ccccc1Oc1ccc(C[C@H](NC(=O)OC(C)(C)C)C(=O)O)cc1. The van der Waals surface area contributed by atoms with E-state index < -0.39 is 29.7 Å². The monoisotopic (exact) mass is 441 g/mol. The largest absolute Gasteiger partial charge is 0.480 e. The van der Waals surface area contributed by atoms with E-state index in [0.29, 0.717) is 22.6 Å². The summed E-state index contributed by atoms with van der Waals surface area (Å²) < 4.78 is 15.6. The zero-order valence-electron chi connectivity index (χ0n) is 18.5. The summed E-state index contributed by atoms with van der Waals surface area (Å²) in [6.07, 6.45) is 2.18. The van der Waals surface area contributed by atoms with Crippen LogP contribution >= 0.6 is 0 Å². The highest BCUT2D eigenvalue weighted by atomic mass is 16.6. The first-order valence-corrected chi connectivity index (χ1v) is 9.91. The molecule has 0 heterocycles. The number of alkyl carbamates (subject to hydrolysis) is 1. The van der Waals surface area contributed by atoms with E-state index in [1.54, 1.807) is 69.3 Å². The van der Waals surface area contributed by atoms with Crippen LogP contribution in [0.3, 0.4) is 0 Å². The van der Waals surface area contributed by atoms with E-state index in [0.717, 1.165) is 0 Å². The Morgan fingerprint density at radius 1 is 1.06 bits per heavy atom. The molecule has 0 aromatic heterocycles. The van der Waals surface area contributed by atoms with E-state index in [1.807, 2.05) is 6.07 Å². The Morgan fingerprint density at radius 3 is 2.31 bits per heavy atom. The third kappa shape index (κ3) is 8.14. The molecule has 0 spiro atoms. The van der Waals surface area contributed by atoms with Gasteiger partial charge in [0.2, 0.25) is 0 Å². The van der Waals surface area contributed by atoms with Gasteiger partial charge in [0.15, 0.2) is 0 Å². The third-order valence-electron chi connectivity index (χ3n) is 4.10. The van der Waals surface area contributed by atoms with Gasteiger partial charge in [-0.05, 0) is 50.6 Å². The molecule has 170 valence electrons. The molecule has 0 radical (unpaired) electrons. The number of nitrogens with one attached hydrogen (secondary N) is 1. The number of amides is 1. The Morgan fingerprint density at radius 2 is 1.72 bits per heavy atom. The first kappa shape index (κ1) is 24.5. The molecule has 2 rings (SSSR count). The van der Waals surface area contributed by atoms with Crippen LogP contribution in [0.2, 0.25) is 0 Å². The zero-order chi connectivity index (χ0) is 23.7. The molecule has 8 nitrogen and oxygen atoms in total. The lowest BCUT2D eigenvalue weighted by molar-refractivity contribution is -0.139. The number of hydrogen-bond donors (Lipinski definition) is 2. The maximum Gasteiger partial charge on any atom is 0.408 e. The molecular formula is C24H27NO7. The van der Waals surface area contributed by atoms with Crippen LogP contribution in [0.5, 0.6) is 11.5 Å². The summed E-state index contributed by atoms with van der Waals surface area (Å²) in [5, 5.41) is 11.8. The summed E-state index contributed by atoms with van der Waals surface area (Å²) in [7, 11) is 1.30. The first-order chi connectivity index (χ1) is 15.1. The van der Waals surface area contributed by atoms with Gasteiger partial charge in [-0.3, -0.25) is 0 Å². The van der Waals surface area contributed by atoms with Crippen molar-refractivity contribution in [3.05, 3.63) is 65.7 Å². The minimum atomic E-state index is -1.16. The Balaban J connectivity index is 2.07. The summed E-state index contributed by atoms with van der Waals surface area (Å²) >= 11 is 0. The van der Waals surface area contributed by atoms with Crippen LogP contribution in [0, 0.1) is 0 Å². The number of rotatable bonds is 8. The highest BCUT2D eigenvalue weighted by Gasteiger charge is 2.24. The van der Waals surface area contributed by atoms with E-state index in [4.69, 9.17) is 9.47 Å². The average molecular weight is 441 g/mol. The Bertz CT molecular complexity index is 975. The Kier molecular flexibility index (Phi) is 8.40. The molecule has 2 aromatic carbocycles. The fourth-order valence-electron chi connectivity index (χ4n) is 2.64. The fraction of sp³-hybridized carbons (Fsp3) is 0.292. The highest BCUT2D eigenvalue weighted by Crippen LogP contribution is 2.26. The number of aliphatic carboxylic acids is 1. The molecule has 0 fully saturated rings. The van der Waals surface area contributed by atoms with Crippen molar-refractivity contribution < 1.29 is 33.7 Å². The molecule has 0 bridgehead atoms. The normalized spacial score (nSPS) is 12.1. The van der Waals surface area contributed by atoms with Gasteiger partial charge < -0.3 is 24.6 Å². The van der Waals surface area contributed by atoms with Gasteiger partial charge in [0.25, 0.3) is 0 Å². The third-order valence-corrected chi connectivity index (χ3v) is 4.10. The number of esters is 1. The van der Waals surface area contributed by atoms with Crippen LogP contribution in [0.25, 0.3) is 6.08 Å². The van der Waals surface area contributed by atoms with Crippen molar-refractivity contribution in [3.63, 3.8) is 0 Å². The number of benzene rings is 2. The Labute approximate surface area is 186 Å². The lowest BCUT2D eigenvalue weighted by Crippen LogP contribution is -2.44. The van der Waals surface area contributed by atoms with E-state index in [9.17, 15) is 19.5 Å². The minimum absolute atomic E-state index is 0.0767. The van der Waals surface area contributed by atoms with Gasteiger partial charge in [0.1, 0.15) is 23.1 Å². The molecule has 0 unspecified atom stereocenters. The molecule has 2 aromatic rings. The van der Waals surface area contributed by atoms with Gasteiger partial charge in [-0.15, -0.1) is 0 Å². The molecule has 0 aliphatic carbocycles. The molecule has 0 aliphatic rings. The summed E-state index contributed by atoms with van der Waals surface area (Å²) in [4.78, 5) is 34.8. The van der Waals surface area contributed by atoms with Crippen LogP contribution in [0.4, 0.5) is 4.79 Å². The molecular weight excluding hydrogens is 414 g/mol. The predicted molar refractivity (Wildman–Crippen MR) is 119 cm³/mol. The summed E-state index contributed by atoms with van der Waals surface area (Å²) in [6, 6.07) is 12.9. The second-order valence-electron chi connectivity index (χ2n) is 7.88. The quantitative estimate of drug-likeness (QED) is 0.467. The summed E-state index contributed by atoms with van der Waals surface area (Å²) in [5.41, 5.74) is 0.656. The average Bonchev–Trinajstić information content (AvgIpc) is 2.72. The predicted octanol–water partition coefficient (Wildman–Crippen LogP) is 4.19. The molecule has 0 aliphatic heterocycles. The molecule has 8 heteroatoms. The number of para-hydroxylation sites is 1. The van der Waals surface area contributed by atoms with Crippen LogP contribution in [-0.2, 0) is 25.5 Å². The standard InChI is InChI=1S/C24H27NO7/c1-24(2,3)32-23(29)25-19(22(27)28)15-16-9-12-18(13-10-16)31-20-8-6-5-7-17(20)11-14-21(26)30-4/h5-14,19H,15H2,1-4H3,(H,25,29)(H,27,28)/b14-11+/t19-/m0/s1. The van der Waals surface area contributed by atoms with Crippen molar-refractivity contribution in [2.75, 3.05) is 7.11 Å². The number of carboxylic acid groups (broad SMARTS) is 1. The van der Waals surface area contributed by atoms with Crippen molar-refractivity contribution in [2.24, 2.45) is 0 Å². The summed E-state index contributed by atoms with van der Waals surface area (Å²) in [5.74, 6) is -0.574. The molecule has 1 atom stereocenters. The van der Waals surface area contributed by atoms with E-state index in [-0.39, 0.29) is 6.42 Å². The van der Waals surface area contributed by atoms with Gasteiger partial charge in [-0.2, -0.15) is 0 Å². The van der Waals surface area contributed by atoms with Crippen LogP contribution < -0.4 is 10.1 Å². The van der Waals surface area contributed by atoms with Gasteiger partial charge >= 0.3 is 18.0 Å².